The van der Waals surface area contributed by atoms with E-state index in [1.54, 1.807) is 7.11 Å². The fourth-order valence-corrected chi connectivity index (χ4v) is 0. The van der Waals surface area contributed by atoms with Gasteiger partial charge >= 0.3 is 18.6 Å². The molecule has 0 saturated heterocycles. The first-order valence-corrected chi connectivity index (χ1v) is 1.80. The molecule has 0 bridgehead atoms. The molecule has 0 aromatic heterocycles. The largest absolute Gasteiger partial charge is 2.00 e. The molecule has 0 aromatic carbocycles. The van der Waals surface area contributed by atoms with Gasteiger partial charge < -0.3 is 27.0 Å². The minimum absolute atomic E-state index is 0. The van der Waals surface area contributed by atoms with Gasteiger partial charge in [-0.15, -0.1) is 0 Å². The summed E-state index contributed by atoms with van der Waals surface area (Å²) in [6.07, 6.45) is 0.384. The molecule has 0 saturated carbocycles. The second kappa shape index (κ2) is 43.0. The number of methoxy groups -OCH3 is 1. The summed E-state index contributed by atoms with van der Waals surface area (Å²) in [7, 11) is 1.70. The standard InChI is InChI=1S/C4H10O.CH4.3CH3.V.W/c1-4(2)5-3;;;;;;/h4H,1-3H3;1H4;3*1H3;;/q;;3*-1;+2;. The third-order valence-electron chi connectivity index (χ3n) is 0.471. The van der Waals surface area contributed by atoms with Crippen molar-refractivity contribution < 1.29 is 44.4 Å². The van der Waals surface area contributed by atoms with Crippen LogP contribution in [0.15, 0.2) is 0 Å². The number of ether oxygens (including phenoxy) is 1. The van der Waals surface area contributed by atoms with Gasteiger partial charge in [-0.2, -0.15) is 0 Å². The van der Waals surface area contributed by atoms with E-state index in [9.17, 15) is 0 Å². The van der Waals surface area contributed by atoms with Crippen LogP contribution in [0.25, 0.3) is 0 Å². The molecule has 0 aliphatic rings. The van der Waals surface area contributed by atoms with Crippen molar-refractivity contribution >= 4 is 0 Å². The van der Waals surface area contributed by atoms with E-state index in [2.05, 4.69) is 0 Å². The zero-order chi connectivity index (χ0) is 4.28. The van der Waals surface area contributed by atoms with Crippen molar-refractivity contribution in [3.63, 3.8) is 0 Å². The molecule has 0 atom stereocenters. The topological polar surface area (TPSA) is 9.23 Å². The molecule has 3 heteroatoms. The van der Waals surface area contributed by atoms with Crippen molar-refractivity contribution in [2.75, 3.05) is 7.11 Å². The van der Waals surface area contributed by atoms with Crippen molar-refractivity contribution in [3.8, 4) is 0 Å². The first-order valence-electron chi connectivity index (χ1n) is 1.80. The minimum atomic E-state index is 0. The molecule has 0 unspecified atom stereocenters. The van der Waals surface area contributed by atoms with Gasteiger partial charge in [-0.05, 0) is 13.8 Å². The van der Waals surface area contributed by atoms with Crippen molar-refractivity contribution in [1.29, 1.82) is 0 Å². The first kappa shape index (κ1) is 56.4. The first-order chi connectivity index (χ1) is 2.27. The van der Waals surface area contributed by atoms with Crippen molar-refractivity contribution in [2.45, 2.75) is 27.4 Å². The van der Waals surface area contributed by atoms with Gasteiger partial charge in [0.1, 0.15) is 0 Å². The van der Waals surface area contributed by atoms with Gasteiger partial charge in [0.2, 0.25) is 0 Å². The van der Waals surface area contributed by atoms with Gasteiger partial charge in [0.05, 0.1) is 6.10 Å². The Kier molecular flexibility index (Phi) is 220. The molecule has 0 spiro atoms. The predicted molar refractivity (Wildman–Crippen MR) is 48.1 cm³/mol. The van der Waals surface area contributed by atoms with Crippen LogP contribution >= 0.6 is 0 Å². The Morgan fingerprint density at radius 3 is 1.09 bits per heavy atom. The second-order valence-electron chi connectivity index (χ2n) is 1.28. The van der Waals surface area contributed by atoms with Crippen LogP contribution in [0.2, 0.25) is 0 Å². The van der Waals surface area contributed by atoms with Crippen LogP contribution in [-0.2, 0) is 44.4 Å². The van der Waals surface area contributed by atoms with E-state index in [-0.39, 0.29) is 69.3 Å². The summed E-state index contributed by atoms with van der Waals surface area (Å²) in [6, 6.07) is 0. The summed E-state index contributed by atoms with van der Waals surface area (Å²) in [5.41, 5.74) is 0. The normalized spacial score (nSPS) is 4.36. The molecule has 0 heterocycles. The van der Waals surface area contributed by atoms with Gasteiger partial charge in [0.25, 0.3) is 0 Å². The van der Waals surface area contributed by atoms with Gasteiger partial charge in [0.15, 0.2) is 0 Å². The molecule has 0 rings (SSSR count). The molecule has 0 amide bonds. The maximum Gasteiger partial charge on any atom is 2.00 e. The summed E-state index contributed by atoms with van der Waals surface area (Å²) < 4.78 is 4.75. The molecule has 0 fully saturated rings. The molecule has 0 aromatic rings. The monoisotopic (exact) mass is 370 g/mol. The second-order valence-corrected chi connectivity index (χ2v) is 1.28. The Morgan fingerprint density at radius 1 is 1.00 bits per heavy atom. The Morgan fingerprint density at radius 2 is 1.09 bits per heavy atom. The van der Waals surface area contributed by atoms with Crippen LogP contribution in [0, 0.1) is 22.3 Å². The summed E-state index contributed by atoms with van der Waals surface area (Å²) in [5, 5.41) is 0. The number of hydrogen-bond acceptors (Lipinski definition) is 1. The van der Waals surface area contributed by atoms with Crippen LogP contribution in [0.4, 0.5) is 0 Å². The van der Waals surface area contributed by atoms with E-state index in [0.29, 0.717) is 6.10 Å². The van der Waals surface area contributed by atoms with Crippen molar-refractivity contribution in [3.05, 3.63) is 22.3 Å². The number of rotatable bonds is 1. The van der Waals surface area contributed by atoms with E-state index in [0.717, 1.165) is 0 Å². The van der Waals surface area contributed by atoms with Crippen LogP contribution < -0.4 is 0 Å². The van der Waals surface area contributed by atoms with E-state index >= 15 is 0 Å². The molecule has 0 aliphatic carbocycles. The average molecular weight is 370 g/mol. The molecule has 1 nitrogen and oxygen atoms in total. The molecule has 0 aliphatic heterocycles. The fourth-order valence-electron chi connectivity index (χ4n) is 0. The summed E-state index contributed by atoms with van der Waals surface area (Å²) in [5.74, 6) is 0. The fraction of sp³-hybridized carbons (Fsp3) is 0.625. The smallest absolute Gasteiger partial charge is 0.382 e. The Labute approximate surface area is 101 Å². The third kappa shape index (κ3) is 91.6. The number of hydrogen-bond donors (Lipinski definition) is 0. The van der Waals surface area contributed by atoms with Gasteiger partial charge in [-0.1, -0.05) is 7.43 Å². The SMILES string of the molecule is C.COC(C)C.[CH3-].[CH3-].[CH3-].[V+2].[W]. The minimum Gasteiger partial charge on any atom is -0.382 e. The quantitative estimate of drug-likeness (QED) is 0.645. The molecule has 0 N–H and O–H groups in total. The van der Waals surface area contributed by atoms with E-state index < -0.39 is 0 Å². The van der Waals surface area contributed by atoms with Gasteiger partial charge in [-0.25, -0.2) is 0 Å². The maximum atomic E-state index is 4.75. The molecular formula is C8H23OVW-. The Bertz CT molecular complexity index is 28.1. The van der Waals surface area contributed by atoms with E-state index in [4.69, 9.17) is 4.74 Å². The Balaban J connectivity index is -0.00000000533. The van der Waals surface area contributed by atoms with Crippen LogP contribution in [0.1, 0.15) is 21.3 Å². The van der Waals surface area contributed by atoms with E-state index in [1.165, 1.54) is 0 Å². The van der Waals surface area contributed by atoms with Crippen LogP contribution in [-0.4, -0.2) is 13.2 Å². The Hall–Kier alpha value is 1.23. The van der Waals surface area contributed by atoms with Crippen LogP contribution in [0.3, 0.4) is 0 Å². The summed E-state index contributed by atoms with van der Waals surface area (Å²) >= 11 is 0. The molecule has 1 radical (unpaired) electrons. The summed E-state index contributed by atoms with van der Waals surface area (Å²) in [4.78, 5) is 0. The predicted octanol–water partition coefficient (Wildman–Crippen LogP) is 3.02. The van der Waals surface area contributed by atoms with Crippen molar-refractivity contribution in [1.82, 2.24) is 0 Å². The van der Waals surface area contributed by atoms with Gasteiger partial charge in [-0.3, -0.25) is 0 Å². The van der Waals surface area contributed by atoms with Gasteiger partial charge in [0, 0.05) is 28.2 Å². The van der Waals surface area contributed by atoms with Crippen molar-refractivity contribution in [2.24, 2.45) is 0 Å². The molecule has 11 heavy (non-hydrogen) atoms. The van der Waals surface area contributed by atoms with Crippen LogP contribution in [0.5, 0.6) is 0 Å². The maximum absolute atomic E-state index is 4.75. The zero-order valence-corrected chi connectivity index (χ0v) is 12.2. The van der Waals surface area contributed by atoms with E-state index in [1.807, 2.05) is 13.8 Å². The molecule has 73 valence electrons. The summed E-state index contributed by atoms with van der Waals surface area (Å²) in [6.45, 7) is 4.00. The third-order valence-corrected chi connectivity index (χ3v) is 0.471. The zero-order valence-electron chi connectivity index (χ0n) is 7.84. The molecular weight excluding hydrogens is 347 g/mol. The average Bonchev–Trinajstić information content (AvgIpc) is 1.38.